The summed E-state index contributed by atoms with van der Waals surface area (Å²) in [5.41, 5.74) is -4.32. The quantitative estimate of drug-likeness (QED) is 0.622. The molecule has 1 saturated carbocycles. The van der Waals surface area contributed by atoms with Gasteiger partial charge in [-0.1, -0.05) is 12.8 Å². The molecule has 1 N–H and O–H groups in total. The maximum Gasteiger partial charge on any atom is 0.441 e. The van der Waals surface area contributed by atoms with E-state index in [2.05, 4.69) is 5.32 Å². The lowest BCUT2D eigenvalue weighted by Crippen LogP contribution is -2.46. The van der Waals surface area contributed by atoms with Crippen LogP contribution in [0.15, 0.2) is 0 Å². The molecule has 0 radical (unpaired) electrons. The Hall–Kier alpha value is -0.110. The molecule has 1 aliphatic carbocycles. The maximum absolute atomic E-state index is 12.7. The number of thioether (sulfide) groups is 1. The summed E-state index contributed by atoms with van der Waals surface area (Å²) in [5.74, 6) is -1.69. The van der Waals surface area contributed by atoms with E-state index >= 15 is 0 Å². The second-order valence-corrected chi connectivity index (χ2v) is 5.45. The minimum absolute atomic E-state index is 0.0541. The molecular weight excluding hydrogens is 280 g/mol. The first-order valence-corrected chi connectivity index (χ1v) is 6.69. The summed E-state index contributed by atoms with van der Waals surface area (Å²) < 4.78 is 73.5. The van der Waals surface area contributed by atoms with E-state index in [1.165, 1.54) is 0 Å². The monoisotopic (exact) mass is 295 g/mol. The van der Waals surface area contributed by atoms with Crippen molar-refractivity contribution in [2.75, 3.05) is 12.3 Å². The third-order valence-electron chi connectivity index (χ3n) is 2.96. The number of rotatable bonds is 4. The molecule has 0 aromatic carbocycles. The number of hydrogen-bond donors (Lipinski definition) is 1. The van der Waals surface area contributed by atoms with Gasteiger partial charge in [-0.15, -0.1) is 0 Å². The Balaban J connectivity index is 2.34. The first-order chi connectivity index (χ1) is 8.20. The van der Waals surface area contributed by atoms with Gasteiger partial charge in [0.15, 0.2) is 0 Å². The van der Waals surface area contributed by atoms with Gasteiger partial charge in [-0.2, -0.15) is 26.3 Å². The van der Waals surface area contributed by atoms with Gasteiger partial charge in [0.1, 0.15) is 0 Å². The molecule has 18 heavy (non-hydrogen) atoms. The zero-order valence-electron chi connectivity index (χ0n) is 9.57. The van der Waals surface area contributed by atoms with Crippen LogP contribution in [0.1, 0.15) is 25.7 Å². The minimum atomic E-state index is -4.32. The highest BCUT2D eigenvalue weighted by Crippen LogP contribution is 2.37. The van der Waals surface area contributed by atoms with Gasteiger partial charge in [-0.25, -0.2) is 0 Å². The Morgan fingerprint density at radius 1 is 1.00 bits per heavy atom. The molecule has 8 heteroatoms. The molecule has 1 nitrogen and oxygen atoms in total. The van der Waals surface area contributed by atoms with Crippen LogP contribution in [0.4, 0.5) is 26.3 Å². The highest BCUT2D eigenvalue weighted by molar-refractivity contribution is 8.00. The molecule has 0 aromatic heterocycles. The smallest absolute Gasteiger partial charge is 0.313 e. The van der Waals surface area contributed by atoms with Crippen molar-refractivity contribution in [2.45, 2.75) is 43.4 Å². The topological polar surface area (TPSA) is 12.0 Å². The Labute approximate surface area is 106 Å². The van der Waals surface area contributed by atoms with E-state index in [4.69, 9.17) is 0 Å². The fraction of sp³-hybridized carbons (Fsp3) is 1.00. The predicted molar refractivity (Wildman–Crippen MR) is 58.3 cm³/mol. The number of hydrogen-bond acceptors (Lipinski definition) is 2. The predicted octanol–water partition coefficient (Wildman–Crippen LogP) is 3.95. The van der Waals surface area contributed by atoms with Crippen LogP contribution in [0.25, 0.3) is 0 Å². The first-order valence-electron chi connectivity index (χ1n) is 5.71. The van der Waals surface area contributed by atoms with E-state index in [1.807, 2.05) is 0 Å². The summed E-state index contributed by atoms with van der Waals surface area (Å²) in [6.45, 7) is -0.0541. The fourth-order valence-electron chi connectivity index (χ4n) is 2.18. The van der Waals surface area contributed by atoms with Crippen LogP contribution in [0.2, 0.25) is 0 Å². The van der Waals surface area contributed by atoms with Gasteiger partial charge in [0, 0.05) is 18.3 Å². The third kappa shape index (κ3) is 5.69. The molecule has 2 unspecified atom stereocenters. The zero-order valence-corrected chi connectivity index (χ0v) is 10.4. The zero-order chi connectivity index (χ0) is 13.8. The van der Waals surface area contributed by atoms with Crippen molar-refractivity contribution < 1.29 is 26.3 Å². The lowest BCUT2D eigenvalue weighted by Gasteiger charge is -2.33. The molecule has 0 heterocycles. The van der Waals surface area contributed by atoms with Gasteiger partial charge in [-0.3, -0.25) is 0 Å². The van der Waals surface area contributed by atoms with Gasteiger partial charge >= 0.3 is 11.7 Å². The summed E-state index contributed by atoms with van der Waals surface area (Å²) in [5, 5.41) is 2.61. The molecule has 1 aliphatic rings. The molecule has 2 atom stereocenters. The molecule has 0 aromatic rings. The van der Waals surface area contributed by atoms with Gasteiger partial charge in [0.2, 0.25) is 0 Å². The van der Waals surface area contributed by atoms with Crippen molar-refractivity contribution in [2.24, 2.45) is 5.92 Å². The third-order valence-corrected chi connectivity index (χ3v) is 3.70. The summed E-state index contributed by atoms with van der Waals surface area (Å²) in [7, 11) is 0. The Bertz CT molecular complexity index is 252. The molecule has 1 fully saturated rings. The number of halogens is 6. The van der Waals surface area contributed by atoms with Gasteiger partial charge in [0.05, 0.1) is 5.92 Å². The van der Waals surface area contributed by atoms with Crippen LogP contribution in [0, 0.1) is 5.92 Å². The van der Waals surface area contributed by atoms with Crippen molar-refractivity contribution in [3.8, 4) is 0 Å². The van der Waals surface area contributed by atoms with Gasteiger partial charge < -0.3 is 5.32 Å². The van der Waals surface area contributed by atoms with Crippen LogP contribution in [0.3, 0.4) is 0 Å². The van der Waals surface area contributed by atoms with E-state index in [9.17, 15) is 26.3 Å². The number of alkyl halides is 6. The first kappa shape index (κ1) is 15.9. The van der Waals surface area contributed by atoms with Crippen LogP contribution in [-0.4, -0.2) is 30.0 Å². The van der Waals surface area contributed by atoms with Crippen LogP contribution in [-0.2, 0) is 0 Å². The Morgan fingerprint density at radius 2 is 1.61 bits per heavy atom. The van der Waals surface area contributed by atoms with Crippen molar-refractivity contribution in [1.29, 1.82) is 0 Å². The largest absolute Gasteiger partial charge is 0.441 e. The highest BCUT2D eigenvalue weighted by atomic mass is 32.2. The summed E-state index contributed by atoms with van der Waals surface area (Å²) in [4.78, 5) is 0. The second kappa shape index (κ2) is 6.36. The van der Waals surface area contributed by atoms with Gasteiger partial charge in [-0.05, 0) is 24.6 Å². The maximum atomic E-state index is 12.7. The van der Waals surface area contributed by atoms with E-state index < -0.39 is 23.6 Å². The van der Waals surface area contributed by atoms with E-state index in [1.54, 1.807) is 0 Å². The SMILES string of the molecule is FC(F)(F)SCCNC1CCCCC1C(F)(F)F. The van der Waals surface area contributed by atoms with Crippen LogP contribution in [0.5, 0.6) is 0 Å². The highest BCUT2D eigenvalue weighted by Gasteiger charge is 2.45. The van der Waals surface area contributed by atoms with E-state index in [0.29, 0.717) is 19.3 Å². The molecule has 0 spiro atoms. The van der Waals surface area contributed by atoms with Crippen molar-refractivity contribution in [1.82, 2.24) is 5.32 Å². The Kier molecular flexibility index (Phi) is 5.64. The van der Waals surface area contributed by atoms with Crippen molar-refractivity contribution >= 4 is 11.8 Å². The summed E-state index contributed by atoms with van der Waals surface area (Å²) in [6.07, 6.45) is -2.61. The van der Waals surface area contributed by atoms with E-state index in [-0.39, 0.29) is 30.5 Å². The Morgan fingerprint density at radius 3 is 2.17 bits per heavy atom. The molecule has 0 amide bonds. The molecule has 0 bridgehead atoms. The normalized spacial score (nSPS) is 26.3. The minimum Gasteiger partial charge on any atom is -0.313 e. The van der Waals surface area contributed by atoms with Crippen molar-refractivity contribution in [3.63, 3.8) is 0 Å². The summed E-state index contributed by atoms with van der Waals surface area (Å²) in [6, 6.07) is -0.743. The van der Waals surface area contributed by atoms with E-state index in [0.717, 1.165) is 0 Å². The average Bonchev–Trinajstić information content (AvgIpc) is 2.22. The number of nitrogens with one attached hydrogen (secondary N) is 1. The second-order valence-electron chi connectivity index (χ2n) is 4.29. The van der Waals surface area contributed by atoms with Gasteiger partial charge in [0.25, 0.3) is 0 Å². The van der Waals surface area contributed by atoms with Crippen LogP contribution >= 0.6 is 11.8 Å². The lowest BCUT2D eigenvalue weighted by atomic mass is 9.84. The molecule has 0 saturated heterocycles. The summed E-state index contributed by atoms with van der Waals surface area (Å²) >= 11 is -0.213. The lowest BCUT2D eigenvalue weighted by molar-refractivity contribution is -0.188. The fourth-order valence-corrected chi connectivity index (χ4v) is 2.63. The molecular formula is C10H15F6NS. The van der Waals surface area contributed by atoms with Crippen molar-refractivity contribution in [3.05, 3.63) is 0 Å². The standard InChI is InChI=1S/C10H15F6NS/c11-9(12,13)7-3-1-2-4-8(7)17-5-6-18-10(14,15)16/h7-8,17H,1-6H2. The molecule has 1 rings (SSSR count). The average molecular weight is 295 g/mol. The molecule has 108 valence electrons. The molecule has 0 aliphatic heterocycles. The van der Waals surface area contributed by atoms with Crippen LogP contribution < -0.4 is 5.32 Å².